The van der Waals surface area contributed by atoms with Gasteiger partial charge in [-0.1, -0.05) is 12.2 Å². The molecule has 0 heterocycles. The minimum atomic E-state index is 0.525. The van der Waals surface area contributed by atoms with E-state index in [-0.39, 0.29) is 0 Å². The first-order valence-corrected chi connectivity index (χ1v) is 4.82. The summed E-state index contributed by atoms with van der Waals surface area (Å²) in [4.78, 5) is 0. The standard InChI is InChI=1S/C10H17NO/c1-12-10-6-9(7-10)11-8-4-2-3-5-8/h2-3,8-11H,4-7H2,1H3. The second-order valence-corrected chi connectivity index (χ2v) is 3.83. The van der Waals surface area contributed by atoms with Gasteiger partial charge in [0.05, 0.1) is 6.10 Å². The summed E-state index contributed by atoms with van der Waals surface area (Å²) in [6, 6.07) is 1.44. The van der Waals surface area contributed by atoms with Crippen LogP contribution in [0.25, 0.3) is 0 Å². The molecule has 0 aromatic carbocycles. The Morgan fingerprint density at radius 1 is 1.17 bits per heavy atom. The predicted octanol–water partition coefficient (Wildman–Crippen LogP) is 1.47. The fraction of sp³-hybridized carbons (Fsp3) is 0.800. The van der Waals surface area contributed by atoms with Crippen LogP contribution in [0.1, 0.15) is 25.7 Å². The molecule has 68 valence electrons. The second-order valence-electron chi connectivity index (χ2n) is 3.83. The van der Waals surface area contributed by atoms with Crippen molar-refractivity contribution < 1.29 is 4.74 Å². The Kier molecular flexibility index (Phi) is 2.47. The van der Waals surface area contributed by atoms with Crippen molar-refractivity contribution in [1.82, 2.24) is 5.32 Å². The molecule has 0 radical (unpaired) electrons. The van der Waals surface area contributed by atoms with Gasteiger partial charge in [-0.3, -0.25) is 0 Å². The Morgan fingerprint density at radius 2 is 1.83 bits per heavy atom. The SMILES string of the molecule is COC1CC(NC2CC=CC2)C1. The summed E-state index contributed by atoms with van der Waals surface area (Å²) >= 11 is 0. The van der Waals surface area contributed by atoms with E-state index in [4.69, 9.17) is 4.74 Å². The van der Waals surface area contributed by atoms with E-state index >= 15 is 0 Å². The molecule has 0 bridgehead atoms. The third-order valence-corrected chi connectivity index (χ3v) is 2.91. The summed E-state index contributed by atoms with van der Waals surface area (Å²) in [6.45, 7) is 0. The third-order valence-electron chi connectivity index (χ3n) is 2.91. The van der Waals surface area contributed by atoms with Crippen molar-refractivity contribution in [3.63, 3.8) is 0 Å². The number of hydrogen-bond acceptors (Lipinski definition) is 2. The van der Waals surface area contributed by atoms with Crippen LogP contribution in [0, 0.1) is 0 Å². The molecule has 12 heavy (non-hydrogen) atoms. The fourth-order valence-corrected chi connectivity index (χ4v) is 1.98. The van der Waals surface area contributed by atoms with E-state index in [0.29, 0.717) is 12.1 Å². The zero-order valence-corrected chi connectivity index (χ0v) is 7.62. The highest BCUT2D eigenvalue weighted by Gasteiger charge is 2.30. The molecule has 0 aromatic rings. The molecule has 0 saturated heterocycles. The quantitative estimate of drug-likeness (QED) is 0.643. The van der Waals surface area contributed by atoms with Gasteiger partial charge in [-0.15, -0.1) is 0 Å². The van der Waals surface area contributed by atoms with Crippen molar-refractivity contribution >= 4 is 0 Å². The van der Waals surface area contributed by atoms with Gasteiger partial charge in [0.25, 0.3) is 0 Å². The summed E-state index contributed by atoms with van der Waals surface area (Å²) in [5.74, 6) is 0. The molecule has 2 nitrogen and oxygen atoms in total. The van der Waals surface area contributed by atoms with Crippen molar-refractivity contribution in [3.05, 3.63) is 12.2 Å². The molecular weight excluding hydrogens is 150 g/mol. The average molecular weight is 167 g/mol. The minimum Gasteiger partial charge on any atom is -0.381 e. The van der Waals surface area contributed by atoms with Crippen LogP contribution in [-0.4, -0.2) is 25.3 Å². The van der Waals surface area contributed by atoms with Gasteiger partial charge in [0.1, 0.15) is 0 Å². The van der Waals surface area contributed by atoms with E-state index in [2.05, 4.69) is 17.5 Å². The Morgan fingerprint density at radius 3 is 2.42 bits per heavy atom. The topological polar surface area (TPSA) is 21.3 Å². The maximum atomic E-state index is 5.23. The van der Waals surface area contributed by atoms with Crippen LogP contribution in [0.3, 0.4) is 0 Å². The van der Waals surface area contributed by atoms with Crippen LogP contribution in [-0.2, 0) is 4.74 Å². The molecule has 2 aliphatic rings. The number of nitrogens with one attached hydrogen (secondary N) is 1. The zero-order chi connectivity index (χ0) is 8.39. The highest BCUT2D eigenvalue weighted by atomic mass is 16.5. The highest BCUT2D eigenvalue weighted by Crippen LogP contribution is 2.24. The van der Waals surface area contributed by atoms with Crippen molar-refractivity contribution in [1.29, 1.82) is 0 Å². The molecule has 1 N–H and O–H groups in total. The fourth-order valence-electron chi connectivity index (χ4n) is 1.98. The van der Waals surface area contributed by atoms with E-state index in [9.17, 15) is 0 Å². The second kappa shape index (κ2) is 3.58. The highest BCUT2D eigenvalue weighted by molar-refractivity contribution is 5.00. The molecule has 0 aromatic heterocycles. The molecule has 0 spiro atoms. The lowest BCUT2D eigenvalue weighted by Gasteiger charge is -2.36. The Bertz CT molecular complexity index is 165. The zero-order valence-electron chi connectivity index (χ0n) is 7.62. The smallest absolute Gasteiger partial charge is 0.0601 e. The molecule has 1 saturated carbocycles. The number of rotatable bonds is 3. The van der Waals surface area contributed by atoms with Gasteiger partial charge in [0, 0.05) is 19.2 Å². The van der Waals surface area contributed by atoms with E-state index in [1.807, 2.05) is 0 Å². The lowest BCUT2D eigenvalue weighted by atomic mass is 9.88. The van der Waals surface area contributed by atoms with Crippen molar-refractivity contribution in [2.24, 2.45) is 0 Å². The Balaban J connectivity index is 1.63. The molecule has 2 aliphatic carbocycles. The largest absolute Gasteiger partial charge is 0.381 e. The minimum absolute atomic E-state index is 0.525. The maximum absolute atomic E-state index is 5.23. The van der Waals surface area contributed by atoms with Gasteiger partial charge in [-0.25, -0.2) is 0 Å². The van der Waals surface area contributed by atoms with Crippen LogP contribution in [0.4, 0.5) is 0 Å². The van der Waals surface area contributed by atoms with Crippen molar-refractivity contribution in [2.45, 2.75) is 43.9 Å². The van der Waals surface area contributed by atoms with Crippen LogP contribution in [0.15, 0.2) is 12.2 Å². The first kappa shape index (κ1) is 8.27. The summed E-state index contributed by atoms with van der Waals surface area (Å²) in [6.07, 6.45) is 9.90. The van der Waals surface area contributed by atoms with Crippen LogP contribution < -0.4 is 5.32 Å². The van der Waals surface area contributed by atoms with E-state index in [0.717, 1.165) is 6.04 Å². The lowest BCUT2D eigenvalue weighted by molar-refractivity contribution is 0.0146. The van der Waals surface area contributed by atoms with Crippen molar-refractivity contribution in [3.8, 4) is 0 Å². The van der Waals surface area contributed by atoms with Crippen LogP contribution in [0.2, 0.25) is 0 Å². The average Bonchev–Trinajstić information content (AvgIpc) is 2.47. The van der Waals surface area contributed by atoms with Crippen LogP contribution in [0.5, 0.6) is 0 Å². The van der Waals surface area contributed by atoms with E-state index in [1.54, 1.807) is 7.11 Å². The summed E-state index contributed by atoms with van der Waals surface area (Å²) < 4.78 is 5.23. The van der Waals surface area contributed by atoms with Gasteiger partial charge >= 0.3 is 0 Å². The molecule has 0 unspecified atom stereocenters. The molecule has 0 amide bonds. The van der Waals surface area contributed by atoms with Gasteiger partial charge in [-0.05, 0) is 25.7 Å². The Labute approximate surface area is 74.0 Å². The van der Waals surface area contributed by atoms with Crippen LogP contribution >= 0.6 is 0 Å². The third kappa shape index (κ3) is 1.70. The van der Waals surface area contributed by atoms with E-state index < -0.39 is 0 Å². The molecule has 0 atom stereocenters. The van der Waals surface area contributed by atoms with Gasteiger partial charge in [0.15, 0.2) is 0 Å². The number of hydrogen-bond donors (Lipinski definition) is 1. The monoisotopic (exact) mass is 167 g/mol. The first-order chi connectivity index (χ1) is 5.88. The van der Waals surface area contributed by atoms with Gasteiger partial charge in [-0.2, -0.15) is 0 Å². The maximum Gasteiger partial charge on any atom is 0.0601 e. The summed E-state index contributed by atoms with van der Waals surface area (Å²) in [7, 11) is 1.80. The van der Waals surface area contributed by atoms with E-state index in [1.165, 1.54) is 25.7 Å². The van der Waals surface area contributed by atoms with Gasteiger partial charge in [0.2, 0.25) is 0 Å². The molecule has 1 fully saturated rings. The summed E-state index contributed by atoms with van der Waals surface area (Å²) in [5, 5.41) is 3.64. The first-order valence-electron chi connectivity index (χ1n) is 4.82. The normalized spacial score (nSPS) is 35.4. The molecule has 2 rings (SSSR count). The Hall–Kier alpha value is -0.340. The molecular formula is C10H17NO. The molecule has 0 aliphatic heterocycles. The van der Waals surface area contributed by atoms with Gasteiger partial charge < -0.3 is 10.1 Å². The lowest BCUT2D eigenvalue weighted by Crippen LogP contribution is -2.48. The summed E-state index contributed by atoms with van der Waals surface area (Å²) in [5.41, 5.74) is 0. The number of ether oxygens (including phenoxy) is 1. The predicted molar refractivity (Wildman–Crippen MR) is 49.1 cm³/mol. The van der Waals surface area contributed by atoms with Crippen molar-refractivity contribution in [2.75, 3.05) is 7.11 Å². The molecule has 2 heteroatoms. The number of methoxy groups -OCH3 is 1.